The molecule has 1 amide bonds. The Morgan fingerprint density at radius 3 is 2.87 bits per heavy atom. The Morgan fingerprint density at radius 2 is 2.03 bits per heavy atom. The number of benzene rings is 2. The summed E-state index contributed by atoms with van der Waals surface area (Å²) in [6.07, 6.45) is 7.01. The Labute approximate surface area is 189 Å². The van der Waals surface area contributed by atoms with Gasteiger partial charge < -0.3 is 9.80 Å². The van der Waals surface area contributed by atoms with E-state index in [9.17, 15) is 4.79 Å². The fourth-order valence-electron chi connectivity index (χ4n) is 4.38. The molecular weight excluding hydrogens is 402 g/mol. The van der Waals surface area contributed by atoms with Crippen molar-refractivity contribution in [3.8, 4) is 0 Å². The molecule has 2 aromatic carbocycles. The molecule has 0 spiro atoms. The largest absolute Gasteiger partial charge is 0.342 e. The highest BCUT2D eigenvalue weighted by molar-refractivity contribution is 7.19. The van der Waals surface area contributed by atoms with Gasteiger partial charge in [-0.15, -0.1) is 11.3 Å². The number of carbonyl (C=O) groups excluding carboxylic acids is 1. The molecule has 3 aromatic rings. The van der Waals surface area contributed by atoms with Gasteiger partial charge in [-0.05, 0) is 68.0 Å². The first kappa shape index (κ1) is 21.7. The number of hydrogen-bond acceptors (Lipinski definition) is 4. The number of rotatable bonds is 7. The van der Waals surface area contributed by atoms with Crippen LogP contribution in [-0.4, -0.2) is 53.9 Å². The van der Waals surface area contributed by atoms with E-state index in [1.807, 2.05) is 36.2 Å². The van der Waals surface area contributed by atoms with Crippen molar-refractivity contribution in [2.24, 2.45) is 5.92 Å². The molecule has 5 heteroatoms. The quantitative estimate of drug-likeness (QED) is 0.490. The lowest BCUT2D eigenvalue weighted by atomic mass is 9.96. The SMILES string of the molecule is Cc1ccccc1CCN1CCC[C@@H](CN(C)C(=O)/C=C/c2nc3ccccc3s2)C1. The average Bonchev–Trinajstić information content (AvgIpc) is 3.20. The molecule has 1 aliphatic heterocycles. The zero-order valence-corrected chi connectivity index (χ0v) is 19.3. The predicted octanol–water partition coefficient (Wildman–Crippen LogP) is 5.03. The molecule has 1 aliphatic rings. The number of likely N-dealkylation sites (tertiary alicyclic amines) is 1. The third-order valence-electron chi connectivity index (χ3n) is 6.15. The van der Waals surface area contributed by atoms with Crippen LogP contribution in [0, 0.1) is 12.8 Å². The normalized spacial score (nSPS) is 17.4. The molecule has 0 radical (unpaired) electrons. The zero-order chi connectivity index (χ0) is 21.6. The maximum atomic E-state index is 12.6. The number of likely N-dealkylation sites (N-methyl/N-ethyl adjacent to an activating group) is 1. The molecule has 4 rings (SSSR count). The minimum atomic E-state index is 0.0521. The third kappa shape index (κ3) is 5.81. The minimum Gasteiger partial charge on any atom is -0.342 e. The van der Waals surface area contributed by atoms with Crippen LogP contribution < -0.4 is 0 Å². The lowest BCUT2D eigenvalue weighted by molar-refractivity contribution is -0.125. The van der Waals surface area contributed by atoms with Gasteiger partial charge in [0.25, 0.3) is 0 Å². The summed E-state index contributed by atoms with van der Waals surface area (Å²) in [5.74, 6) is 0.590. The Bertz CT molecular complexity index is 1020. The molecule has 1 aromatic heterocycles. The highest BCUT2D eigenvalue weighted by Crippen LogP contribution is 2.23. The second-order valence-electron chi connectivity index (χ2n) is 8.56. The number of para-hydroxylation sites is 1. The summed E-state index contributed by atoms with van der Waals surface area (Å²) in [4.78, 5) is 21.6. The van der Waals surface area contributed by atoms with E-state index in [1.54, 1.807) is 17.4 Å². The number of fused-ring (bicyclic) bond motifs is 1. The summed E-state index contributed by atoms with van der Waals surface area (Å²) in [6.45, 7) is 6.33. The summed E-state index contributed by atoms with van der Waals surface area (Å²) in [7, 11) is 1.91. The lowest BCUT2D eigenvalue weighted by Gasteiger charge is -2.34. The van der Waals surface area contributed by atoms with Crippen LogP contribution >= 0.6 is 11.3 Å². The maximum absolute atomic E-state index is 12.6. The van der Waals surface area contributed by atoms with Crippen molar-refractivity contribution in [3.05, 3.63) is 70.7 Å². The lowest BCUT2D eigenvalue weighted by Crippen LogP contribution is -2.42. The second-order valence-corrected chi connectivity index (χ2v) is 9.62. The number of thiazole rings is 1. The summed E-state index contributed by atoms with van der Waals surface area (Å²) in [6, 6.07) is 16.7. The van der Waals surface area contributed by atoms with Crippen LogP contribution in [0.3, 0.4) is 0 Å². The Morgan fingerprint density at radius 1 is 1.23 bits per heavy atom. The highest BCUT2D eigenvalue weighted by atomic mass is 32.1. The van der Waals surface area contributed by atoms with Gasteiger partial charge in [-0.2, -0.15) is 0 Å². The molecule has 31 heavy (non-hydrogen) atoms. The number of aromatic nitrogens is 1. The molecule has 1 atom stereocenters. The van der Waals surface area contributed by atoms with Gasteiger partial charge in [-0.25, -0.2) is 4.98 Å². The molecule has 2 heterocycles. The molecular formula is C26H31N3OS. The maximum Gasteiger partial charge on any atom is 0.246 e. The molecule has 0 saturated carbocycles. The Hall–Kier alpha value is -2.50. The van der Waals surface area contributed by atoms with Gasteiger partial charge in [0.05, 0.1) is 10.2 Å². The van der Waals surface area contributed by atoms with E-state index in [-0.39, 0.29) is 5.91 Å². The van der Waals surface area contributed by atoms with Crippen LogP contribution in [0.4, 0.5) is 0 Å². The molecule has 162 valence electrons. The fourth-order valence-corrected chi connectivity index (χ4v) is 5.25. The summed E-state index contributed by atoms with van der Waals surface area (Å²) >= 11 is 1.62. The van der Waals surface area contributed by atoms with E-state index >= 15 is 0 Å². The van der Waals surface area contributed by atoms with Crippen LogP contribution in [0.5, 0.6) is 0 Å². The molecule has 1 fully saturated rings. The molecule has 4 nitrogen and oxygen atoms in total. The van der Waals surface area contributed by atoms with E-state index in [0.717, 1.165) is 47.8 Å². The number of aryl methyl sites for hydroxylation is 1. The van der Waals surface area contributed by atoms with Gasteiger partial charge in [0.2, 0.25) is 5.91 Å². The van der Waals surface area contributed by atoms with Crippen molar-refractivity contribution in [2.75, 3.05) is 33.2 Å². The van der Waals surface area contributed by atoms with Crippen LogP contribution in [0.1, 0.15) is 29.0 Å². The highest BCUT2D eigenvalue weighted by Gasteiger charge is 2.22. The van der Waals surface area contributed by atoms with Crippen molar-refractivity contribution >= 4 is 33.5 Å². The van der Waals surface area contributed by atoms with E-state index in [1.165, 1.54) is 24.0 Å². The van der Waals surface area contributed by atoms with Crippen molar-refractivity contribution < 1.29 is 4.79 Å². The van der Waals surface area contributed by atoms with E-state index in [2.05, 4.69) is 47.1 Å². The predicted molar refractivity (Wildman–Crippen MR) is 130 cm³/mol. The topological polar surface area (TPSA) is 36.4 Å². The number of carbonyl (C=O) groups is 1. The minimum absolute atomic E-state index is 0.0521. The van der Waals surface area contributed by atoms with Crippen LogP contribution in [-0.2, 0) is 11.2 Å². The summed E-state index contributed by atoms with van der Waals surface area (Å²) < 4.78 is 1.15. The fraction of sp³-hybridized carbons (Fsp3) is 0.385. The van der Waals surface area contributed by atoms with E-state index in [0.29, 0.717) is 5.92 Å². The first-order valence-corrected chi connectivity index (χ1v) is 12.0. The second kappa shape index (κ2) is 10.2. The van der Waals surface area contributed by atoms with E-state index in [4.69, 9.17) is 0 Å². The zero-order valence-electron chi connectivity index (χ0n) is 18.5. The van der Waals surface area contributed by atoms with Crippen LogP contribution in [0.25, 0.3) is 16.3 Å². The first-order valence-electron chi connectivity index (χ1n) is 11.1. The van der Waals surface area contributed by atoms with Gasteiger partial charge in [-0.3, -0.25) is 4.79 Å². The summed E-state index contributed by atoms with van der Waals surface area (Å²) in [5.41, 5.74) is 3.80. The smallest absolute Gasteiger partial charge is 0.246 e. The van der Waals surface area contributed by atoms with Gasteiger partial charge in [0.15, 0.2) is 0 Å². The van der Waals surface area contributed by atoms with Gasteiger partial charge >= 0.3 is 0 Å². The number of hydrogen-bond donors (Lipinski definition) is 0. The van der Waals surface area contributed by atoms with E-state index < -0.39 is 0 Å². The number of piperidine rings is 1. The molecule has 1 saturated heterocycles. The molecule has 0 aliphatic carbocycles. The van der Waals surface area contributed by atoms with Gasteiger partial charge in [0, 0.05) is 32.8 Å². The van der Waals surface area contributed by atoms with Crippen molar-refractivity contribution in [3.63, 3.8) is 0 Å². The Balaban J connectivity index is 1.27. The van der Waals surface area contributed by atoms with Crippen molar-refractivity contribution in [1.29, 1.82) is 0 Å². The van der Waals surface area contributed by atoms with Gasteiger partial charge in [0.1, 0.15) is 5.01 Å². The molecule has 0 bridgehead atoms. The van der Waals surface area contributed by atoms with Crippen LogP contribution in [0.15, 0.2) is 54.6 Å². The third-order valence-corrected chi connectivity index (χ3v) is 7.15. The van der Waals surface area contributed by atoms with Crippen molar-refractivity contribution in [1.82, 2.24) is 14.8 Å². The standard InChI is InChI=1S/C26H31N3OS/c1-20-8-3-4-10-22(20)15-17-29-16-7-9-21(19-29)18-28(2)26(30)14-13-25-27-23-11-5-6-12-24(23)31-25/h3-6,8,10-14,21H,7,9,15-19H2,1-2H3/b14-13+/t21-/m0/s1. The molecule has 0 unspecified atom stereocenters. The average molecular weight is 434 g/mol. The number of amides is 1. The molecule has 0 N–H and O–H groups in total. The number of nitrogens with zero attached hydrogens (tertiary/aromatic N) is 3. The monoisotopic (exact) mass is 433 g/mol. The Kier molecular flexibility index (Phi) is 7.15. The summed E-state index contributed by atoms with van der Waals surface area (Å²) in [5, 5.41) is 0.878. The van der Waals surface area contributed by atoms with Crippen LogP contribution in [0.2, 0.25) is 0 Å². The first-order chi connectivity index (χ1) is 15.1. The van der Waals surface area contributed by atoms with Gasteiger partial charge in [-0.1, -0.05) is 36.4 Å². The van der Waals surface area contributed by atoms with Crippen molar-refractivity contribution in [2.45, 2.75) is 26.2 Å².